The molecule has 1 saturated heterocycles. The molecule has 0 saturated carbocycles. The molecular formula is C16H17N3O5S. The fourth-order valence-corrected chi connectivity index (χ4v) is 4.16. The number of nitrogens with zero attached hydrogens (tertiary/aromatic N) is 3. The first kappa shape index (κ1) is 17.2. The van der Waals surface area contributed by atoms with E-state index in [0.717, 1.165) is 5.69 Å². The number of non-ortho nitro benzene ring substituents is 1. The smallest absolute Gasteiger partial charge is 0.269 e. The van der Waals surface area contributed by atoms with E-state index in [1.54, 1.807) is 24.3 Å². The molecule has 0 spiro atoms. The van der Waals surface area contributed by atoms with Crippen LogP contribution in [0, 0.1) is 10.1 Å². The molecule has 0 radical (unpaired) electrons. The quantitative estimate of drug-likeness (QED) is 0.656. The minimum atomic E-state index is -3.67. The van der Waals surface area contributed by atoms with Crippen molar-refractivity contribution in [3.63, 3.8) is 0 Å². The van der Waals surface area contributed by atoms with Crippen LogP contribution in [0.4, 0.5) is 11.4 Å². The Morgan fingerprint density at radius 1 is 0.920 bits per heavy atom. The van der Waals surface area contributed by atoms with E-state index in [1.807, 2.05) is 4.90 Å². The maximum Gasteiger partial charge on any atom is 0.269 e. The number of nitro groups is 1. The molecule has 0 amide bonds. The van der Waals surface area contributed by atoms with Gasteiger partial charge in [-0.2, -0.15) is 4.31 Å². The van der Waals surface area contributed by atoms with Gasteiger partial charge in [0.1, 0.15) is 5.75 Å². The second-order valence-electron chi connectivity index (χ2n) is 5.66. The van der Waals surface area contributed by atoms with E-state index in [0.29, 0.717) is 26.2 Å². The van der Waals surface area contributed by atoms with Gasteiger partial charge >= 0.3 is 0 Å². The van der Waals surface area contributed by atoms with Gasteiger partial charge in [-0.25, -0.2) is 8.42 Å². The minimum absolute atomic E-state index is 0.0520. The Morgan fingerprint density at radius 2 is 1.48 bits per heavy atom. The van der Waals surface area contributed by atoms with Crippen LogP contribution in [-0.2, 0) is 10.0 Å². The van der Waals surface area contributed by atoms with Crippen LogP contribution in [0.2, 0.25) is 0 Å². The summed E-state index contributed by atoms with van der Waals surface area (Å²) in [6.07, 6.45) is 0. The molecule has 2 aromatic rings. The van der Waals surface area contributed by atoms with Gasteiger partial charge in [-0.1, -0.05) is 0 Å². The van der Waals surface area contributed by atoms with Crippen LogP contribution in [0.5, 0.6) is 5.75 Å². The number of nitro benzene ring substituents is 1. The third-order valence-corrected chi connectivity index (χ3v) is 6.05. The number of hydrogen-bond acceptors (Lipinski definition) is 6. The lowest BCUT2D eigenvalue weighted by atomic mass is 10.2. The van der Waals surface area contributed by atoms with Crippen molar-refractivity contribution in [1.82, 2.24) is 4.31 Å². The first-order valence-corrected chi connectivity index (χ1v) is 9.10. The number of rotatable bonds is 4. The fraction of sp³-hybridized carbons (Fsp3) is 0.250. The Balaban J connectivity index is 1.70. The van der Waals surface area contributed by atoms with Crippen LogP contribution in [0.1, 0.15) is 0 Å². The van der Waals surface area contributed by atoms with E-state index in [4.69, 9.17) is 0 Å². The molecule has 1 fully saturated rings. The fourth-order valence-electron chi connectivity index (χ4n) is 2.74. The summed E-state index contributed by atoms with van der Waals surface area (Å²) in [5.41, 5.74) is 0.779. The number of phenolic OH excluding ortho intramolecular Hbond substituents is 1. The summed E-state index contributed by atoms with van der Waals surface area (Å²) < 4.78 is 26.7. The molecule has 0 aromatic heterocycles. The molecule has 0 atom stereocenters. The average Bonchev–Trinajstić information content (AvgIpc) is 2.62. The van der Waals surface area contributed by atoms with Gasteiger partial charge in [-0.15, -0.1) is 0 Å². The molecule has 3 rings (SSSR count). The van der Waals surface area contributed by atoms with E-state index in [1.165, 1.54) is 28.6 Å². The highest BCUT2D eigenvalue weighted by molar-refractivity contribution is 7.89. The van der Waals surface area contributed by atoms with E-state index in [-0.39, 0.29) is 16.3 Å². The van der Waals surface area contributed by atoms with E-state index >= 15 is 0 Å². The van der Waals surface area contributed by atoms with Gasteiger partial charge in [0, 0.05) is 44.0 Å². The molecule has 25 heavy (non-hydrogen) atoms. The molecule has 1 aliphatic heterocycles. The molecular weight excluding hydrogens is 346 g/mol. The van der Waals surface area contributed by atoms with Gasteiger partial charge in [0.2, 0.25) is 10.0 Å². The minimum Gasteiger partial charge on any atom is -0.508 e. The zero-order valence-corrected chi connectivity index (χ0v) is 14.1. The van der Waals surface area contributed by atoms with Crippen LogP contribution in [0.25, 0.3) is 0 Å². The zero-order valence-electron chi connectivity index (χ0n) is 13.3. The average molecular weight is 363 g/mol. The highest BCUT2D eigenvalue weighted by Gasteiger charge is 2.28. The second kappa shape index (κ2) is 6.69. The summed E-state index contributed by atoms with van der Waals surface area (Å²) in [5, 5.41) is 20.0. The lowest BCUT2D eigenvalue weighted by Gasteiger charge is -2.35. The molecule has 1 aliphatic rings. The van der Waals surface area contributed by atoms with Gasteiger partial charge in [-0.3, -0.25) is 10.1 Å². The van der Waals surface area contributed by atoms with Gasteiger partial charge in [-0.05, 0) is 36.4 Å². The number of aromatic hydroxyl groups is 1. The Hall–Kier alpha value is -2.65. The van der Waals surface area contributed by atoms with Gasteiger partial charge < -0.3 is 10.0 Å². The molecule has 0 unspecified atom stereocenters. The summed E-state index contributed by atoms with van der Waals surface area (Å²) in [5.74, 6) is 0.183. The number of hydrogen-bond donors (Lipinski definition) is 1. The van der Waals surface area contributed by atoms with Crippen molar-refractivity contribution >= 4 is 21.4 Å². The molecule has 2 aromatic carbocycles. The molecule has 8 nitrogen and oxygen atoms in total. The van der Waals surface area contributed by atoms with Crippen molar-refractivity contribution in [2.75, 3.05) is 31.1 Å². The highest BCUT2D eigenvalue weighted by atomic mass is 32.2. The summed E-state index contributed by atoms with van der Waals surface area (Å²) >= 11 is 0. The van der Waals surface area contributed by atoms with Gasteiger partial charge in [0.15, 0.2) is 0 Å². The summed E-state index contributed by atoms with van der Waals surface area (Å²) in [6, 6.07) is 11.7. The van der Waals surface area contributed by atoms with Crippen molar-refractivity contribution in [2.24, 2.45) is 0 Å². The van der Waals surface area contributed by atoms with Crippen molar-refractivity contribution in [2.45, 2.75) is 4.90 Å². The zero-order chi connectivity index (χ0) is 18.0. The van der Waals surface area contributed by atoms with Crippen molar-refractivity contribution in [1.29, 1.82) is 0 Å². The van der Waals surface area contributed by atoms with Crippen LogP contribution >= 0.6 is 0 Å². The molecule has 1 N–H and O–H groups in total. The van der Waals surface area contributed by atoms with Crippen LogP contribution in [-0.4, -0.2) is 48.9 Å². The van der Waals surface area contributed by atoms with Crippen LogP contribution in [0.3, 0.4) is 0 Å². The first-order valence-electron chi connectivity index (χ1n) is 7.66. The summed E-state index contributed by atoms with van der Waals surface area (Å²) in [4.78, 5) is 12.2. The predicted octanol–water partition coefficient (Wildman–Crippen LogP) is 1.81. The number of piperazine rings is 1. The van der Waals surface area contributed by atoms with E-state index in [9.17, 15) is 23.6 Å². The van der Waals surface area contributed by atoms with Crippen LogP contribution in [0.15, 0.2) is 53.4 Å². The first-order chi connectivity index (χ1) is 11.9. The topological polar surface area (TPSA) is 104 Å². The van der Waals surface area contributed by atoms with E-state index < -0.39 is 14.9 Å². The predicted molar refractivity (Wildman–Crippen MR) is 92.2 cm³/mol. The lowest BCUT2D eigenvalue weighted by molar-refractivity contribution is -0.384. The van der Waals surface area contributed by atoms with Crippen molar-refractivity contribution < 1.29 is 18.4 Å². The molecule has 1 heterocycles. The largest absolute Gasteiger partial charge is 0.508 e. The highest BCUT2D eigenvalue weighted by Crippen LogP contribution is 2.23. The van der Waals surface area contributed by atoms with Crippen LogP contribution < -0.4 is 4.90 Å². The summed E-state index contributed by atoms with van der Waals surface area (Å²) in [7, 11) is -3.67. The monoisotopic (exact) mass is 363 g/mol. The summed E-state index contributed by atoms with van der Waals surface area (Å²) in [6.45, 7) is 1.69. The van der Waals surface area contributed by atoms with Gasteiger partial charge in [0.25, 0.3) is 5.69 Å². The number of phenols is 1. The molecule has 132 valence electrons. The maximum absolute atomic E-state index is 12.7. The SMILES string of the molecule is O=[N+]([O-])c1ccc(S(=O)(=O)N2CCN(c3ccc(O)cc3)CC2)cc1. The third kappa shape index (κ3) is 3.57. The van der Waals surface area contributed by atoms with Gasteiger partial charge in [0.05, 0.1) is 9.82 Å². The van der Waals surface area contributed by atoms with E-state index in [2.05, 4.69) is 0 Å². The maximum atomic E-state index is 12.7. The van der Waals surface area contributed by atoms with Crippen molar-refractivity contribution in [3.05, 3.63) is 58.6 Å². The third-order valence-electron chi connectivity index (χ3n) is 4.14. The lowest BCUT2D eigenvalue weighted by Crippen LogP contribution is -2.48. The Morgan fingerprint density at radius 3 is 2.00 bits per heavy atom. The number of anilines is 1. The molecule has 0 bridgehead atoms. The number of sulfonamides is 1. The standard InChI is InChI=1S/C16H17N3O5S/c20-15-5-1-13(2-6-15)17-9-11-18(12-10-17)25(23,24)16-7-3-14(4-8-16)19(21)22/h1-8,20H,9-12H2. The Bertz CT molecular complexity index is 858. The number of benzene rings is 2. The Kier molecular flexibility index (Phi) is 4.60. The molecule has 9 heteroatoms. The Labute approximate surface area is 145 Å². The van der Waals surface area contributed by atoms with Crippen molar-refractivity contribution in [3.8, 4) is 5.75 Å². The molecule has 0 aliphatic carbocycles. The second-order valence-corrected chi connectivity index (χ2v) is 7.60. The normalized spacial score (nSPS) is 15.9.